The van der Waals surface area contributed by atoms with Crippen LogP contribution in [0.25, 0.3) is 0 Å². The molecule has 3 rings (SSSR count). The molecule has 1 N–H and O–H groups in total. The smallest absolute Gasteiger partial charge is 0.249 e. The number of carbonyl (C=O) groups excluding carboxylic acids is 2. The molecule has 22 heavy (non-hydrogen) atoms. The average molecular weight is 323 g/mol. The van der Waals surface area contributed by atoms with Gasteiger partial charge in [-0.15, -0.1) is 11.8 Å². The minimum atomic E-state index is -0.514. The van der Waals surface area contributed by atoms with Crippen molar-refractivity contribution in [2.75, 3.05) is 30.1 Å². The van der Waals surface area contributed by atoms with E-state index >= 15 is 0 Å². The van der Waals surface area contributed by atoms with Crippen LogP contribution >= 0.6 is 11.8 Å². The summed E-state index contributed by atoms with van der Waals surface area (Å²) in [5.74, 6) is 0.773. The van der Waals surface area contributed by atoms with E-state index in [0.29, 0.717) is 13.0 Å². The number of anilines is 1. The maximum absolute atomic E-state index is 13.9. The van der Waals surface area contributed by atoms with Crippen molar-refractivity contribution in [1.82, 2.24) is 10.2 Å². The Morgan fingerprint density at radius 2 is 2.23 bits per heavy atom. The molecule has 0 spiro atoms. The van der Waals surface area contributed by atoms with Gasteiger partial charge in [0.2, 0.25) is 11.8 Å². The number of nitrogens with one attached hydrogen (secondary N) is 1. The van der Waals surface area contributed by atoms with E-state index < -0.39 is 11.9 Å². The highest BCUT2D eigenvalue weighted by atomic mass is 32.2. The van der Waals surface area contributed by atoms with Gasteiger partial charge >= 0.3 is 0 Å². The molecule has 1 aromatic carbocycles. The lowest BCUT2D eigenvalue weighted by molar-refractivity contribution is -0.137. The van der Waals surface area contributed by atoms with E-state index in [4.69, 9.17) is 0 Å². The van der Waals surface area contributed by atoms with Crippen LogP contribution in [0.3, 0.4) is 0 Å². The summed E-state index contributed by atoms with van der Waals surface area (Å²) in [4.78, 5) is 27.9. The highest BCUT2D eigenvalue weighted by Crippen LogP contribution is 2.26. The zero-order valence-corrected chi connectivity index (χ0v) is 13.1. The monoisotopic (exact) mass is 323 g/mol. The number of para-hydroxylation sites is 1. The largest absolute Gasteiger partial charge is 0.332 e. The second kappa shape index (κ2) is 6.26. The molecule has 0 bridgehead atoms. The first kappa shape index (κ1) is 15.3. The topological polar surface area (TPSA) is 52.7 Å². The molecule has 118 valence electrons. The molecule has 2 amide bonds. The van der Waals surface area contributed by atoms with Crippen LogP contribution in [0.2, 0.25) is 0 Å². The van der Waals surface area contributed by atoms with Gasteiger partial charge in [0.1, 0.15) is 11.9 Å². The van der Waals surface area contributed by atoms with Gasteiger partial charge in [-0.3, -0.25) is 14.9 Å². The van der Waals surface area contributed by atoms with Crippen molar-refractivity contribution in [1.29, 1.82) is 0 Å². The quantitative estimate of drug-likeness (QED) is 0.903. The van der Waals surface area contributed by atoms with Gasteiger partial charge < -0.3 is 9.80 Å². The summed E-state index contributed by atoms with van der Waals surface area (Å²) < 4.78 is 13.9. The van der Waals surface area contributed by atoms with E-state index in [2.05, 4.69) is 5.32 Å². The summed E-state index contributed by atoms with van der Waals surface area (Å²) in [5.41, 5.74) is 0.283. The lowest BCUT2D eigenvalue weighted by atomic mass is 10.2. The lowest BCUT2D eigenvalue weighted by Gasteiger charge is -2.26. The van der Waals surface area contributed by atoms with Gasteiger partial charge in [0, 0.05) is 25.2 Å². The van der Waals surface area contributed by atoms with Gasteiger partial charge in [0.05, 0.1) is 11.7 Å². The molecule has 5 nitrogen and oxygen atoms in total. The van der Waals surface area contributed by atoms with Crippen LogP contribution < -0.4 is 10.2 Å². The number of thioether (sulfide) groups is 1. The molecule has 2 aliphatic rings. The Balaban J connectivity index is 1.73. The SMILES string of the molecule is CN(C(=O)[C@@H]1CSCN1)[C@@H]1CCN(c2ccccc2F)C1=O. The maximum Gasteiger partial charge on any atom is 0.249 e. The number of hydrogen-bond donors (Lipinski definition) is 1. The van der Waals surface area contributed by atoms with Crippen molar-refractivity contribution < 1.29 is 14.0 Å². The number of nitrogens with zero attached hydrogens (tertiary/aromatic N) is 2. The van der Waals surface area contributed by atoms with Crippen LogP contribution in [-0.4, -0.2) is 54.0 Å². The van der Waals surface area contributed by atoms with Crippen molar-refractivity contribution in [2.45, 2.75) is 18.5 Å². The number of rotatable bonds is 3. The Kier molecular flexibility index (Phi) is 4.35. The summed E-state index contributed by atoms with van der Waals surface area (Å²) in [6.07, 6.45) is 0.523. The van der Waals surface area contributed by atoms with Gasteiger partial charge in [0.15, 0.2) is 0 Å². The van der Waals surface area contributed by atoms with Gasteiger partial charge in [-0.1, -0.05) is 12.1 Å². The fourth-order valence-electron chi connectivity index (χ4n) is 2.89. The molecule has 2 aliphatic heterocycles. The minimum absolute atomic E-state index is 0.0706. The van der Waals surface area contributed by atoms with E-state index in [0.717, 1.165) is 11.6 Å². The summed E-state index contributed by atoms with van der Waals surface area (Å²) in [7, 11) is 1.65. The molecule has 7 heteroatoms. The molecule has 2 atom stereocenters. The van der Waals surface area contributed by atoms with E-state index in [1.165, 1.54) is 15.9 Å². The summed E-state index contributed by atoms with van der Waals surface area (Å²) >= 11 is 1.67. The normalized spacial score (nSPS) is 24.8. The molecular weight excluding hydrogens is 305 g/mol. The third-order valence-electron chi connectivity index (χ3n) is 4.15. The van der Waals surface area contributed by atoms with E-state index in [1.807, 2.05) is 0 Å². The maximum atomic E-state index is 13.9. The Hall–Kier alpha value is -1.60. The van der Waals surface area contributed by atoms with Gasteiger partial charge in [0.25, 0.3) is 0 Å². The zero-order valence-electron chi connectivity index (χ0n) is 12.3. The Morgan fingerprint density at radius 1 is 1.45 bits per heavy atom. The number of hydrogen-bond acceptors (Lipinski definition) is 4. The van der Waals surface area contributed by atoms with Crippen molar-refractivity contribution in [2.24, 2.45) is 0 Å². The first-order valence-electron chi connectivity index (χ1n) is 7.23. The van der Waals surface area contributed by atoms with Crippen molar-refractivity contribution in [3.63, 3.8) is 0 Å². The van der Waals surface area contributed by atoms with Gasteiger partial charge in [-0.05, 0) is 18.6 Å². The van der Waals surface area contributed by atoms with Crippen LogP contribution in [0.15, 0.2) is 24.3 Å². The second-order valence-corrected chi connectivity index (χ2v) is 6.50. The number of amides is 2. The summed E-state index contributed by atoms with van der Waals surface area (Å²) in [6.45, 7) is 0.425. The molecule has 0 saturated carbocycles. The summed E-state index contributed by atoms with van der Waals surface area (Å²) in [5, 5.41) is 3.11. The minimum Gasteiger partial charge on any atom is -0.332 e. The number of halogens is 1. The Morgan fingerprint density at radius 3 is 2.91 bits per heavy atom. The lowest BCUT2D eigenvalue weighted by Crippen LogP contribution is -2.50. The number of likely N-dealkylation sites (N-methyl/N-ethyl adjacent to an activating group) is 1. The first-order valence-corrected chi connectivity index (χ1v) is 8.39. The van der Waals surface area contributed by atoms with Crippen LogP contribution in [-0.2, 0) is 9.59 Å². The Labute approximate surface area is 132 Å². The highest BCUT2D eigenvalue weighted by molar-refractivity contribution is 7.99. The predicted molar refractivity (Wildman–Crippen MR) is 84.2 cm³/mol. The van der Waals surface area contributed by atoms with Crippen molar-refractivity contribution in [3.05, 3.63) is 30.1 Å². The standard InChI is InChI=1S/C15H18FN3O2S/c1-18(14(20)11-8-22-9-17-11)13-6-7-19(15(13)21)12-5-3-2-4-10(12)16/h2-5,11,13,17H,6-9H2,1H3/t11-,13+/m0/s1. The molecule has 2 saturated heterocycles. The van der Waals surface area contributed by atoms with Gasteiger partial charge in [-0.25, -0.2) is 4.39 Å². The number of benzene rings is 1. The molecule has 1 aromatic rings. The number of carbonyl (C=O) groups is 2. The van der Waals surface area contributed by atoms with Crippen molar-refractivity contribution >= 4 is 29.3 Å². The molecular formula is C15H18FN3O2S. The predicted octanol–water partition coefficient (Wildman–Crippen LogP) is 1.05. The van der Waals surface area contributed by atoms with E-state index in [1.54, 1.807) is 37.0 Å². The van der Waals surface area contributed by atoms with E-state index in [-0.39, 0.29) is 23.5 Å². The fourth-order valence-corrected chi connectivity index (χ4v) is 3.82. The fraction of sp³-hybridized carbons (Fsp3) is 0.467. The third kappa shape index (κ3) is 2.70. The van der Waals surface area contributed by atoms with E-state index in [9.17, 15) is 14.0 Å². The first-order chi connectivity index (χ1) is 10.6. The van der Waals surface area contributed by atoms with Gasteiger partial charge in [-0.2, -0.15) is 0 Å². The second-order valence-electron chi connectivity index (χ2n) is 5.47. The Bertz CT molecular complexity index is 592. The molecule has 0 radical (unpaired) electrons. The van der Waals surface area contributed by atoms with Crippen LogP contribution in [0.5, 0.6) is 0 Å². The van der Waals surface area contributed by atoms with Crippen LogP contribution in [0.4, 0.5) is 10.1 Å². The molecule has 0 unspecified atom stereocenters. The van der Waals surface area contributed by atoms with Crippen molar-refractivity contribution in [3.8, 4) is 0 Å². The molecule has 2 heterocycles. The zero-order chi connectivity index (χ0) is 15.7. The highest BCUT2D eigenvalue weighted by Gasteiger charge is 2.39. The third-order valence-corrected chi connectivity index (χ3v) is 5.09. The molecule has 2 fully saturated rings. The molecule has 0 aliphatic carbocycles. The molecule has 0 aromatic heterocycles. The van der Waals surface area contributed by atoms with Crippen LogP contribution in [0, 0.1) is 5.82 Å². The van der Waals surface area contributed by atoms with Crippen LogP contribution in [0.1, 0.15) is 6.42 Å². The summed E-state index contributed by atoms with van der Waals surface area (Å²) in [6, 6.07) is 5.48. The average Bonchev–Trinajstić information content (AvgIpc) is 3.16.